The Kier molecular flexibility index (Phi) is 5.80. The molecule has 0 aromatic rings. The summed E-state index contributed by atoms with van der Waals surface area (Å²) in [5.74, 6) is -0.959. The molecule has 1 rings (SSSR count). The minimum absolute atomic E-state index is 0.171. The van der Waals surface area contributed by atoms with E-state index in [0.717, 1.165) is 19.4 Å². The molecule has 1 heterocycles. The van der Waals surface area contributed by atoms with Gasteiger partial charge in [0.1, 0.15) is 5.54 Å². The Morgan fingerprint density at radius 3 is 2.40 bits per heavy atom. The van der Waals surface area contributed by atoms with E-state index in [1.54, 1.807) is 18.7 Å². The summed E-state index contributed by atoms with van der Waals surface area (Å²) in [4.78, 5) is 27.7. The predicted octanol–water partition coefficient (Wildman–Crippen LogP) is 1.37. The Bertz CT molecular complexity index is 354. The summed E-state index contributed by atoms with van der Waals surface area (Å²) in [6.45, 7) is 5.09. The van der Waals surface area contributed by atoms with E-state index in [-0.39, 0.29) is 12.1 Å². The first kappa shape index (κ1) is 16.8. The van der Waals surface area contributed by atoms with Gasteiger partial charge >= 0.3 is 12.0 Å². The maximum Gasteiger partial charge on any atom is 0.329 e. The van der Waals surface area contributed by atoms with Gasteiger partial charge < -0.3 is 20.2 Å². The van der Waals surface area contributed by atoms with E-state index < -0.39 is 11.5 Å². The zero-order valence-corrected chi connectivity index (χ0v) is 13.0. The quantitative estimate of drug-likeness (QED) is 0.773. The van der Waals surface area contributed by atoms with Crippen LogP contribution in [0.4, 0.5) is 4.79 Å². The third-order valence-electron chi connectivity index (χ3n) is 4.18. The molecule has 2 N–H and O–H groups in total. The summed E-state index contributed by atoms with van der Waals surface area (Å²) in [7, 11) is 3.96. The highest BCUT2D eigenvalue weighted by atomic mass is 16.4. The van der Waals surface area contributed by atoms with Gasteiger partial charge in [-0.1, -0.05) is 13.8 Å². The van der Waals surface area contributed by atoms with Gasteiger partial charge in [0.05, 0.1) is 0 Å². The molecule has 1 aliphatic rings. The molecule has 0 aliphatic carbocycles. The second-order valence-electron chi connectivity index (χ2n) is 5.78. The van der Waals surface area contributed by atoms with Crippen molar-refractivity contribution in [2.75, 3.05) is 27.2 Å². The summed E-state index contributed by atoms with van der Waals surface area (Å²) in [6.07, 6.45) is 2.72. The van der Waals surface area contributed by atoms with Gasteiger partial charge in [-0.3, -0.25) is 0 Å². The highest BCUT2D eigenvalue weighted by Gasteiger charge is 2.39. The van der Waals surface area contributed by atoms with Gasteiger partial charge in [0.25, 0.3) is 0 Å². The molecule has 1 unspecified atom stereocenters. The van der Waals surface area contributed by atoms with Crippen LogP contribution in [0.25, 0.3) is 0 Å². The average molecular weight is 285 g/mol. The lowest BCUT2D eigenvalue weighted by Gasteiger charge is -2.33. The number of aliphatic carboxylic acids is 1. The first-order chi connectivity index (χ1) is 9.36. The topological polar surface area (TPSA) is 72.9 Å². The first-order valence-electron chi connectivity index (χ1n) is 7.33. The van der Waals surface area contributed by atoms with Crippen LogP contribution in [-0.4, -0.2) is 65.7 Å². The molecule has 0 spiro atoms. The van der Waals surface area contributed by atoms with Gasteiger partial charge in [0, 0.05) is 19.1 Å². The molecule has 6 heteroatoms. The average Bonchev–Trinajstić information content (AvgIpc) is 2.82. The normalized spacial score (nSPS) is 19.4. The number of carbonyl (C=O) groups excluding carboxylic acids is 1. The summed E-state index contributed by atoms with van der Waals surface area (Å²) in [5, 5.41) is 12.1. The van der Waals surface area contributed by atoms with Crippen LogP contribution in [0.2, 0.25) is 0 Å². The van der Waals surface area contributed by atoms with Gasteiger partial charge in [-0.15, -0.1) is 0 Å². The fourth-order valence-electron chi connectivity index (χ4n) is 2.77. The van der Waals surface area contributed by atoms with Gasteiger partial charge in [0.15, 0.2) is 0 Å². The summed E-state index contributed by atoms with van der Waals surface area (Å²) >= 11 is 0. The smallest absolute Gasteiger partial charge is 0.329 e. The highest BCUT2D eigenvalue weighted by Crippen LogP contribution is 2.21. The van der Waals surface area contributed by atoms with Crippen LogP contribution < -0.4 is 5.32 Å². The number of amides is 2. The molecule has 116 valence electrons. The summed E-state index contributed by atoms with van der Waals surface area (Å²) < 4.78 is 0. The number of carboxylic acids is 1. The van der Waals surface area contributed by atoms with Crippen molar-refractivity contribution in [1.82, 2.24) is 15.1 Å². The molecule has 1 aliphatic heterocycles. The molecular formula is C14H27N3O3. The van der Waals surface area contributed by atoms with Crippen LogP contribution in [0, 0.1) is 0 Å². The molecule has 0 bridgehead atoms. The number of nitrogens with one attached hydrogen (secondary N) is 1. The van der Waals surface area contributed by atoms with E-state index in [1.165, 1.54) is 0 Å². The molecule has 2 amide bonds. The maximum absolute atomic E-state index is 12.4. The second-order valence-corrected chi connectivity index (χ2v) is 5.78. The fraction of sp³-hybridized carbons (Fsp3) is 0.857. The number of carboxylic acid groups (broad SMARTS) is 1. The maximum atomic E-state index is 12.4. The number of rotatable bonds is 6. The minimum Gasteiger partial charge on any atom is -0.480 e. The Hall–Kier alpha value is -1.30. The van der Waals surface area contributed by atoms with E-state index >= 15 is 0 Å². The third-order valence-corrected chi connectivity index (χ3v) is 4.18. The molecule has 20 heavy (non-hydrogen) atoms. The van der Waals surface area contributed by atoms with Crippen molar-refractivity contribution in [1.29, 1.82) is 0 Å². The van der Waals surface area contributed by atoms with Crippen LogP contribution in [0.15, 0.2) is 0 Å². The van der Waals surface area contributed by atoms with Crippen molar-refractivity contribution in [2.45, 2.75) is 51.1 Å². The van der Waals surface area contributed by atoms with E-state index in [0.29, 0.717) is 19.4 Å². The van der Waals surface area contributed by atoms with Gasteiger partial charge in [-0.2, -0.15) is 0 Å². The van der Waals surface area contributed by atoms with Crippen molar-refractivity contribution < 1.29 is 14.7 Å². The number of likely N-dealkylation sites (tertiary alicyclic amines) is 1. The number of nitrogens with zero attached hydrogens (tertiary/aromatic N) is 2. The molecule has 0 saturated carbocycles. The lowest BCUT2D eigenvalue weighted by atomic mass is 9.93. The first-order valence-corrected chi connectivity index (χ1v) is 7.33. The van der Waals surface area contributed by atoms with Crippen LogP contribution >= 0.6 is 0 Å². The summed E-state index contributed by atoms with van der Waals surface area (Å²) in [6, 6.07) is -0.0781. The molecular weight excluding hydrogens is 258 g/mol. The fourth-order valence-corrected chi connectivity index (χ4v) is 2.77. The van der Waals surface area contributed by atoms with Crippen LogP contribution in [-0.2, 0) is 4.79 Å². The number of likely N-dealkylation sites (N-methyl/N-ethyl adjacent to an activating group) is 1. The molecule has 6 nitrogen and oxygen atoms in total. The molecule has 0 radical (unpaired) electrons. The largest absolute Gasteiger partial charge is 0.480 e. The Balaban J connectivity index is 2.76. The lowest BCUT2D eigenvalue weighted by molar-refractivity contribution is -0.144. The van der Waals surface area contributed by atoms with Crippen molar-refractivity contribution in [3.8, 4) is 0 Å². The van der Waals surface area contributed by atoms with Gasteiger partial charge in [-0.25, -0.2) is 9.59 Å². The zero-order chi connectivity index (χ0) is 15.3. The molecule has 1 fully saturated rings. The zero-order valence-electron chi connectivity index (χ0n) is 13.0. The molecule has 0 aromatic heterocycles. The van der Waals surface area contributed by atoms with Crippen LogP contribution in [0.1, 0.15) is 39.5 Å². The van der Waals surface area contributed by atoms with Crippen molar-refractivity contribution in [2.24, 2.45) is 0 Å². The van der Waals surface area contributed by atoms with Gasteiger partial charge in [0.2, 0.25) is 0 Å². The number of hydrogen-bond donors (Lipinski definition) is 2. The van der Waals surface area contributed by atoms with E-state index in [2.05, 4.69) is 10.2 Å². The number of carbonyl (C=O) groups is 2. The van der Waals surface area contributed by atoms with E-state index in [4.69, 9.17) is 0 Å². The SMILES string of the molecule is CCC(CC)(NC(=O)N1CCCC1CN(C)C)C(=O)O. The van der Waals surface area contributed by atoms with Crippen molar-refractivity contribution >= 4 is 12.0 Å². The predicted molar refractivity (Wildman–Crippen MR) is 77.8 cm³/mol. The van der Waals surface area contributed by atoms with Crippen LogP contribution in [0.5, 0.6) is 0 Å². The molecule has 1 saturated heterocycles. The standard InChI is InChI=1S/C14H27N3O3/c1-5-14(6-2,12(18)19)15-13(20)17-9-7-8-11(17)10-16(3)4/h11H,5-10H2,1-4H3,(H,15,20)(H,18,19). The second kappa shape index (κ2) is 6.92. The van der Waals surface area contributed by atoms with E-state index in [1.807, 2.05) is 14.1 Å². The number of urea groups is 1. The molecule has 1 atom stereocenters. The lowest BCUT2D eigenvalue weighted by Crippen LogP contribution is -2.58. The molecule has 0 aromatic carbocycles. The van der Waals surface area contributed by atoms with E-state index in [9.17, 15) is 14.7 Å². The van der Waals surface area contributed by atoms with Crippen molar-refractivity contribution in [3.63, 3.8) is 0 Å². The summed E-state index contributed by atoms with van der Waals surface area (Å²) in [5.41, 5.74) is -1.15. The van der Waals surface area contributed by atoms with Crippen LogP contribution in [0.3, 0.4) is 0 Å². The number of hydrogen-bond acceptors (Lipinski definition) is 3. The highest BCUT2D eigenvalue weighted by molar-refractivity contribution is 5.86. The monoisotopic (exact) mass is 285 g/mol. The Morgan fingerprint density at radius 1 is 1.35 bits per heavy atom. The Morgan fingerprint density at radius 2 is 1.95 bits per heavy atom. The minimum atomic E-state index is -1.15. The van der Waals surface area contributed by atoms with Crippen molar-refractivity contribution in [3.05, 3.63) is 0 Å². The Labute approximate surface area is 121 Å². The third kappa shape index (κ3) is 3.62. The van der Waals surface area contributed by atoms with Gasteiger partial charge in [-0.05, 0) is 39.8 Å².